The molecule has 2 rings (SSSR count). The van der Waals surface area contributed by atoms with Gasteiger partial charge in [0.25, 0.3) is 0 Å². The molecule has 0 spiro atoms. The molecule has 6 heteroatoms. The standard InChI is InChI=1S/C14H13BrO5/c1-17-10-6-8(7-11(18-2)14(10)19-3)13(16)9-4-5-12(15)20-9/h4-7H,1-3H3. The molecule has 0 atom stereocenters. The van der Waals surface area contributed by atoms with Crippen LogP contribution < -0.4 is 14.2 Å². The second kappa shape index (κ2) is 6.00. The van der Waals surface area contributed by atoms with Gasteiger partial charge in [0.2, 0.25) is 11.5 Å². The van der Waals surface area contributed by atoms with Gasteiger partial charge in [-0.05, 0) is 40.2 Å². The van der Waals surface area contributed by atoms with Crippen molar-refractivity contribution >= 4 is 21.7 Å². The van der Waals surface area contributed by atoms with Gasteiger partial charge in [0.15, 0.2) is 21.9 Å². The van der Waals surface area contributed by atoms with Crippen molar-refractivity contribution in [1.82, 2.24) is 0 Å². The van der Waals surface area contributed by atoms with E-state index in [1.165, 1.54) is 21.3 Å². The number of methoxy groups -OCH3 is 3. The first-order chi connectivity index (χ1) is 9.60. The van der Waals surface area contributed by atoms with E-state index in [9.17, 15) is 4.79 Å². The zero-order chi connectivity index (χ0) is 14.7. The summed E-state index contributed by atoms with van der Waals surface area (Å²) < 4.78 is 21.4. The molecular weight excluding hydrogens is 328 g/mol. The predicted molar refractivity (Wildman–Crippen MR) is 75.9 cm³/mol. The number of carbonyl (C=O) groups is 1. The average molecular weight is 341 g/mol. The lowest BCUT2D eigenvalue weighted by Crippen LogP contribution is -2.03. The number of halogens is 1. The monoisotopic (exact) mass is 340 g/mol. The Morgan fingerprint density at radius 3 is 2.05 bits per heavy atom. The van der Waals surface area contributed by atoms with E-state index in [4.69, 9.17) is 18.6 Å². The van der Waals surface area contributed by atoms with Gasteiger partial charge in [-0.25, -0.2) is 0 Å². The molecular formula is C14H13BrO5. The molecule has 0 aliphatic carbocycles. The third kappa shape index (κ3) is 2.65. The summed E-state index contributed by atoms with van der Waals surface area (Å²) in [5.41, 5.74) is 0.390. The topological polar surface area (TPSA) is 57.9 Å². The molecule has 0 radical (unpaired) electrons. The van der Waals surface area contributed by atoms with Crippen LogP contribution in [0.15, 0.2) is 33.4 Å². The Bertz CT molecular complexity index is 607. The lowest BCUT2D eigenvalue weighted by Gasteiger charge is -2.13. The van der Waals surface area contributed by atoms with E-state index >= 15 is 0 Å². The first kappa shape index (κ1) is 14.5. The van der Waals surface area contributed by atoms with Crippen molar-refractivity contribution in [3.05, 3.63) is 40.3 Å². The van der Waals surface area contributed by atoms with E-state index in [0.717, 1.165) is 0 Å². The van der Waals surface area contributed by atoms with Crippen LogP contribution in [0.5, 0.6) is 17.2 Å². The lowest BCUT2D eigenvalue weighted by molar-refractivity contribution is 0.101. The molecule has 1 aromatic carbocycles. The molecule has 0 unspecified atom stereocenters. The molecule has 0 N–H and O–H groups in total. The zero-order valence-electron chi connectivity index (χ0n) is 11.2. The third-order valence-corrected chi connectivity index (χ3v) is 3.15. The fourth-order valence-electron chi connectivity index (χ4n) is 1.79. The number of furan rings is 1. The van der Waals surface area contributed by atoms with Crippen molar-refractivity contribution in [1.29, 1.82) is 0 Å². The van der Waals surface area contributed by atoms with Gasteiger partial charge in [-0.2, -0.15) is 0 Å². The zero-order valence-corrected chi connectivity index (χ0v) is 12.8. The summed E-state index contributed by atoms with van der Waals surface area (Å²) >= 11 is 3.16. The van der Waals surface area contributed by atoms with Gasteiger partial charge in [-0.3, -0.25) is 4.79 Å². The van der Waals surface area contributed by atoms with Crippen molar-refractivity contribution in [3.8, 4) is 17.2 Å². The summed E-state index contributed by atoms with van der Waals surface area (Å²) in [6.45, 7) is 0. The fraction of sp³-hybridized carbons (Fsp3) is 0.214. The van der Waals surface area contributed by atoms with Crippen LogP contribution >= 0.6 is 15.9 Å². The highest BCUT2D eigenvalue weighted by molar-refractivity contribution is 9.10. The van der Waals surface area contributed by atoms with Crippen LogP contribution in [0.2, 0.25) is 0 Å². The maximum absolute atomic E-state index is 12.3. The third-order valence-electron chi connectivity index (χ3n) is 2.72. The molecule has 0 saturated heterocycles. The molecule has 20 heavy (non-hydrogen) atoms. The molecule has 0 aliphatic heterocycles. The summed E-state index contributed by atoms with van der Waals surface area (Å²) in [7, 11) is 4.50. The predicted octanol–water partition coefficient (Wildman–Crippen LogP) is 3.30. The molecule has 0 aliphatic rings. The maximum atomic E-state index is 12.3. The Morgan fingerprint density at radius 1 is 1.05 bits per heavy atom. The number of rotatable bonds is 5. The van der Waals surface area contributed by atoms with E-state index in [0.29, 0.717) is 27.5 Å². The van der Waals surface area contributed by atoms with Gasteiger partial charge < -0.3 is 18.6 Å². The number of benzene rings is 1. The highest BCUT2D eigenvalue weighted by Gasteiger charge is 2.19. The minimum Gasteiger partial charge on any atom is -0.493 e. The van der Waals surface area contributed by atoms with E-state index in [1.54, 1.807) is 24.3 Å². The van der Waals surface area contributed by atoms with Gasteiger partial charge in [0, 0.05) is 5.56 Å². The maximum Gasteiger partial charge on any atom is 0.228 e. The number of ether oxygens (including phenoxy) is 3. The highest BCUT2D eigenvalue weighted by atomic mass is 79.9. The van der Waals surface area contributed by atoms with Crippen molar-refractivity contribution in [3.63, 3.8) is 0 Å². The van der Waals surface area contributed by atoms with Crippen molar-refractivity contribution < 1.29 is 23.4 Å². The van der Waals surface area contributed by atoms with Crippen LogP contribution in [-0.4, -0.2) is 27.1 Å². The van der Waals surface area contributed by atoms with Gasteiger partial charge >= 0.3 is 0 Å². The molecule has 0 bridgehead atoms. The number of hydrogen-bond acceptors (Lipinski definition) is 5. The molecule has 2 aromatic rings. The van der Waals surface area contributed by atoms with Gasteiger partial charge in [-0.15, -0.1) is 0 Å². The Kier molecular flexibility index (Phi) is 4.34. The molecule has 5 nitrogen and oxygen atoms in total. The van der Waals surface area contributed by atoms with Gasteiger partial charge in [0.05, 0.1) is 21.3 Å². The van der Waals surface area contributed by atoms with Crippen LogP contribution in [0.1, 0.15) is 16.1 Å². The second-order valence-corrected chi connectivity index (χ2v) is 4.63. The van der Waals surface area contributed by atoms with E-state index in [2.05, 4.69) is 15.9 Å². The van der Waals surface area contributed by atoms with E-state index < -0.39 is 0 Å². The normalized spacial score (nSPS) is 10.2. The number of hydrogen-bond donors (Lipinski definition) is 0. The molecule has 0 fully saturated rings. The van der Waals surface area contributed by atoms with Crippen LogP contribution in [-0.2, 0) is 0 Å². The second-order valence-electron chi connectivity index (χ2n) is 3.85. The van der Waals surface area contributed by atoms with Gasteiger partial charge in [0.1, 0.15) is 0 Å². The number of ketones is 1. The SMILES string of the molecule is COc1cc(C(=O)c2ccc(Br)o2)cc(OC)c1OC. The van der Waals surface area contributed by atoms with Crippen LogP contribution in [0.4, 0.5) is 0 Å². The number of carbonyl (C=O) groups excluding carboxylic acids is 1. The summed E-state index contributed by atoms with van der Waals surface area (Å²) in [4.78, 5) is 12.3. The molecule has 1 aromatic heterocycles. The highest BCUT2D eigenvalue weighted by Crippen LogP contribution is 2.38. The molecule has 0 saturated carbocycles. The fourth-order valence-corrected chi connectivity index (χ4v) is 2.10. The first-order valence-electron chi connectivity index (χ1n) is 5.70. The van der Waals surface area contributed by atoms with E-state index in [1.807, 2.05) is 0 Å². The minimum absolute atomic E-state index is 0.228. The van der Waals surface area contributed by atoms with Crippen molar-refractivity contribution in [2.75, 3.05) is 21.3 Å². The van der Waals surface area contributed by atoms with Crippen LogP contribution in [0.3, 0.4) is 0 Å². The Hall–Kier alpha value is -1.95. The Balaban J connectivity index is 2.49. The van der Waals surface area contributed by atoms with Crippen LogP contribution in [0.25, 0.3) is 0 Å². The van der Waals surface area contributed by atoms with Crippen molar-refractivity contribution in [2.24, 2.45) is 0 Å². The largest absolute Gasteiger partial charge is 0.493 e. The molecule has 0 amide bonds. The minimum atomic E-state index is -0.269. The molecule has 1 heterocycles. The molecule has 106 valence electrons. The van der Waals surface area contributed by atoms with Gasteiger partial charge in [-0.1, -0.05) is 0 Å². The van der Waals surface area contributed by atoms with Crippen molar-refractivity contribution in [2.45, 2.75) is 0 Å². The first-order valence-corrected chi connectivity index (χ1v) is 6.50. The lowest BCUT2D eigenvalue weighted by atomic mass is 10.1. The summed E-state index contributed by atoms with van der Waals surface area (Å²) in [5.74, 6) is 1.23. The summed E-state index contributed by atoms with van der Waals surface area (Å²) in [5, 5.41) is 0. The summed E-state index contributed by atoms with van der Waals surface area (Å²) in [6.07, 6.45) is 0. The smallest absolute Gasteiger partial charge is 0.228 e. The Morgan fingerprint density at radius 2 is 1.65 bits per heavy atom. The van der Waals surface area contributed by atoms with E-state index in [-0.39, 0.29) is 11.5 Å². The average Bonchev–Trinajstić information content (AvgIpc) is 2.91. The van der Waals surface area contributed by atoms with Crippen LogP contribution in [0, 0.1) is 0 Å². The quantitative estimate of drug-likeness (QED) is 0.781. The Labute approximate surface area is 124 Å². The summed E-state index contributed by atoms with van der Waals surface area (Å²) in [6, 6.07) is 6.42.